The Bertz CT molecular complexity index is 1320. The summed E-state index contributed by atoms with van der Waals surface area (Å²) >= 11 is 0. The van der Waals surface area contributed by atoms with Crippen LogP contribution >= 0.6 is 0 Å². The SMILES string of the molecule is O=C(CN1CCCN(C(=O)c2cn(Cc3ccccc3)c3ccccc23)CC1)NCc1ccccc1. The van der Waals surface area contributed by atoms with E-state index in [2.05, 4.69) is 33.0 Å². The van der Waals surface area contributed by atoms with Gasteiger partial charge < -0.3 is 14.8 Å². The fourth-order valence-corrected chi connectivity index (χ4v) is 4.89. The van der Waals surface area contributed by atoms with Crippen molar-refractivity contribution < 1.29 is 9.59 Å². The van der Waals surface area contributed by atoms with E-state index in [9.17, 15) is 9.59 Å². The van der Waals surface area contributed by atoms with Crippen LogP contribution in [0.25, 0.3) is 10.9 Å². The average Bonchev–Trinajstić information content (AvgIpc) is 3.11. The highest BCUT2D eigenvalue weighted by atomic mass is 16.2. The average molecular weight is 481 g/mol. The fourth-order valence-electron chi connectivity index (χ4n) is 4.89. The predicted molar refractivity (Wildman–Crippen MR) is 143 cm³/mol. The number of rotatable bonds is 7. The minimum absolute atomic E-state index is 0.0163. The Balaban J connectivity index is 1.23. The van der Waals surface area contributed by atoms with Gasteiger partial charge in [0.1, 0.15) is 0 Å². The highest BCUT2D eigenvalue weighted by Gasteiger charge is 2.24. The van der Waals surface area contributed by atoms with Crippen LogP contribution in [0, 0.1) is 0 Å². The Morgan fingerprint density at radius 2 is 1.44 bits per heavy atom. The number of fused-ring (bicyclic) bond motifs is 1. The number of nitrogens with zero attached hydrogens (tertiary/aromatic N) is 3. The third kappa shape index (κ3) is 5.66. The van der Waals surface area contributed by atoms with E-state index in [1.165, 1.54) is 5.56 Å². The number of hydrogen-bond donors (Lipinski definition) is 1. The van der Waals surface area contributed by atoms with Crippen molar-refractivity contribution in [3.8, 4) is 0 Å². The van der Waals surface area contributed by atoms with E-state index >= 15 is 0 Å². The lowest BCUT2D eigenvalue weighted by Crippen LogP contribution is -2.39. The van der Waals surface area contributed by atoms with Crippen LogP contribution in [-0.2, 0) is 17.9 Å². The molecule has 0 spiro atoms. The van der Waals surface area contributed by atoms with Crippen molar-refractivity contribution in [3.05, 3.63) is 108 Å². The van der Waals surface area contributed by atoms with Crippen molar-refractivity contribution in [2.75, 3.05) is 32.7 Å². The van der Waals surface area contributed by atoms with Gasteiger partial charge in [0.2, 0.25) is 5.91 Å². The van der Waals surface area contributed by atoms with Gasteiger partial charge in [-0.15, -0.1) is 0 Å². The van der Waals surface area contributed by atoms with Crippen LogP contribution in [0.3, 0.4) is 0 Å². The monoisotopic (exact) mass is 480 g/mol. The summed E-state index contributed by atoms with van der Waals surface area (Å²) in [5.41, 5.74) is 4.10. The number of hydrogen-bond acceptors (Lipinski definition) is 3. The summed E-state index contributed by atoms with van der Waals surface area (Å²) < 4.78 is 2.17. The van der Waals surface area contributed by atoms with Crippen LogP contribution in [0.2, 0.25) is 0 Å². The highest BCUT2D eigenvalue weighted by Crippen LogP contribution is 2.24. The number of aromatic nitrogens is 1. The van der Waals surface area contributed by atoms with Gasteiger partial charge in [-0.1, -0.05) is 78.9 Å². The van der Waals surface area contributed by atoms with Crippen molar-refractivity contribution in [1.82, 2.24) is 19.7 Å². The summed E-state index contributed by atoms with van der Waals surface area (Å²) in [7, 11) is 0. The second-order valence-corrected chi connectivity index (χ2v) is 9.36. The van der Waals surface area contributed by atoms with Gasteiger partial charge in [-0.25, -0.2) is 0 Å². The minimum atomic E-state index is 0.0163. The number of carbonyl (C=O) groups is 2. The van der Waals surface area contributed by atoms with Gasteiger partial charge >= 0.3 is 0 Å². The van der Waals surface area contributed by atoms with Crippen LogP contribution in [0.4, 0.5) is 0 Å². The molecule has 0 bridgehead atoms. The first-order valence-corrected chi connectivity index (χ1v) is 12.6. The van der Waals surface area contributed by atoms with E-state index in [4.69, 9.17) is 0 Å². The molecule has 3 aromatic carbocycles. The van der Waals surface area contributed by atoms with Crippen LogP contribution in [0.1, 0.15) is 27.9 Å². The van der Waals surface area contributed by atoms with Gasteiger partial charge in [0.05, 0.1) is 12.1 Å². The molecular formula is C30H32N4O2. The molecule has 1 aliphatic heterocycles. The summed E-state index contributed by atoms with van der Waals surface area (Å²) in [6, 6.07) is 28.4. The second kappa shape index (κ2) is 11.2. The lowest BCUT2D eigenvalue weighted by molar-refractivity contribution is -0.122. The first-order chi connectivity index (χ1) is 17.7. The molecule has 1 saturated heterocycles. The molecule has 6 heteroatoms. The number of carbonyl (C=O) groups excluding carboxylic acids is 2. The predicted octanol–water partition coefficient (Wildman–Crippen LogP) is 4.15. The number of benzene rings is 3. The molecule has 1 aromatic heterocycles. The van der Waals surface area contributed by atoms with Gasteiger partial charge in [0, 0.05) is 56.4 Å². The van der Waals surface area contributed by atoms with Gasteiger partial charge in [-0.05, 0) is 23.6 Å². The maximum atomic E-state index is 13.6. The largest absolute Gasteiger partial charge is 0.351 e. The molecule has 36 heavy (non-hydrogen) atoms. The molecule has 5 rings (SSSR count). The van der Waals surface area contributed by atoms with Crippen LogP contribution in [0.5, 0.6) is 0 Å². The van der Waals surface area contributed by atoms with Gasteiger partial charge in [-0.3, -0.25) is 14.5 Å². The van der Waals surface area contributed by atoms with E-state index in [1.807, 2.05) is 77.8 Å². The lowest BCUT2D eigenvalue weighted by atomic mass is 10.1. The van der Waals surface area contributed by atoms with E-state index < -0.39 is 0 Å². The Morgan fingerprint density at radius 1 is 0.750 bits per heavy atom. The third-order valence-electron chi connectivity index (χ3n) is 6.79. The van der Waals surface area contributed by atoms with Crippen molar-refractivity contribution in [3.63, 3.8) is 0 Å². The summed E-state index contributed by atoms with van der Waals surface area (Å²) in [5, 5.41) is 3.99. The third-order valence-corrected chi connectivity index (χ3v) is 6.79. The van der Waals surface area contributed by atoms with E-state index in [0.29, 0.717) is 32.7 Å². The molecule has 6 nitrogen and oxygen atoms in total. The quantitative estimate of drug-likeness (QED) is 0.432. The summed E-state index contributed by atoms with van der Waals surface area (Å²) in [4.78, 5) is 30.2. The topological polar surface area (TPSA) is 57.6 Å². The van der Waals surface area contributed by atoms with Crippen LogP contribution in [0.15, 0.2) is 91.1 Å². The molecule has 0 saturated carbocycles. The molecule has 0 aliphatic carbocycles. The van der Waals surface area contributed by atoms with E-state index in [0.717, 1.165) is 41.5 Å². The molecule has 4 aromatic rings. The molecule has 0 atom stereocenters. The molecule has 0 unspecified atom stereocenters. The first kappa shape index (κ1) is 23.8. The van der Waals surface area contributed by atoms with E-state index in [-0.39, 0.29) is 11.8 Å². The molecule has 2 amide bonds. The van der Waals surface area contributed by atoms with Crippen LogP contribution in [-0.4, -0.2) is 58.9 Å². The molecule has 0 radical (unpaired) electrons. The Morgan fingerprint density at radius 3 is 2.22 bits per heavy atom. The zero-order valence-corrected chi connectivity index (χ0v) is 20.5. The standard InChI is InChI=1S/C30H32N4O2/c35-29(31-20-24-10-3-1-4-11-24)23-32-16-9-17-33(19-18-32)30(36)27-22-34(21-25-12-5-2-6-13-25)28-15-8-7-14-26(27)28/h1-8,10-15,22H,9,16-21,23H2,(H,31,35). The van der Waals surface area contributed by atoms with Gasteiger partial charge in [0.25, 0.3) is 5.91 Å². The molecule has 1 aliphatic rings. The molecular weight excluding hydrogens is 448 g/mol. The maximum absolute atomic E-state index is 13.6. The van der Waals surface area contributed by atoms with Crippen molar-refractivity contribution in [1.29, 1.82) is 0 Å². The normalized spacial score (nSPS) is 14.5. The smallest absolute Gasteiger partial charge is 0.256 e. The van der Waals surface area contributed by atoms with Crippen LogP contribution < -0.4 is 5.32 Å². The zero-order chi connectivity index (χ0) is 24.7. The first-order valence-electron chi connectivity index (χ1n) is 12.6. The molecule has 2 heterocycles. The van der Waals surface area contributed by atoms with Gasteiger partial charge in [-0.2, -0.15) is 0 Å². The highest BCUT2D eigenvalue weighted by molar-refractivity contribution is 6.07. The Kier molecular flexibility index (Phi) is 7.43. The molecule has 184 valence electrons. The number of amides is 2. The summed E-state index contributed by atoms with van der Waals surface area (Å²) in [6.45, 7) is 4.41. The maximum Gasteiger partial charge on any atom is 0.256 e. The number of para-hydroxylation sites is 1. The Hall–Kier alpha value is -3.90. The Labute approximate surface area is 212 Å². The zero-order valence-electron chi connectivity index (χ0n) is 20.5. The lowest BCUT2D eigenvalue weighted by Gasteiger charge is -2.21. The van der Waals surface area contributed by atoms with Gasteiger partial charge in [0.15, 0.2) is 0 Å². The summed E-state index contributed by atoms with van der Waals surface area (Å²) in [5.74, 6) is 0.0796. The van der Waals surface area contributed by atoms with Crippen molar-refractivity contribution in [2.45, 2.75) is 19.5 Å². The molecule has 1 fully saturated rings. The van der Waals surface area contributed by atoms with E-state index in [1.54, 1.807) is 0 Å². The number of nitrogens with one attached hydrogen (secondary N) is 1. The minimum Gasteiger partial charge on any atom is -0.351 e. The second-order valence-electron chi connectivity index (χ2n) is 9.36. The van der Waals surface area contributed by atoms with Crippen molar-refractivity contribution >= 4 is 22.7 Å². The van der Waals surface area contributed by atoms with Crippen molar-refractivity contribution in [2.24, 2.45) is 0 Å². The molecule has 1 N–H and O–H groups in total. The summed E-state index contributed by atoms with van der Waals surface area (Å²) in [6.07, 6.45) is 2.85. The fraction of sp³-hybridized carbons (Fsp3) is 0.267.